The fourth-order valence-corrected chi connectivity index (χ4v) is 1.01. The molecule has 0 unspecified atom stereocenters. The number of carbonyl (C=O) groups is 1. The maximum atomic E-state index is 11.3. The van der Waals surface area contributed by atoms with Crippen LogP contribution in [0.25, 0.3) is 0 Å². The lowest BCUT2D eigenvalue weighted by atomic mass is 10.3. The van der Waals surface area contributed by atoms with E-state index in [0.717, 1.165) is 0 Å². The van der Waals surface area contributed by atoms with E-state index in [1.54, 1.807) is 13.8 Å². The Kier molecular flexibility index (Phi) is 3.25. The molecule has 0 bridgehead atoms. The molecule has 0 atom stereocenters. The molecule has 0 radical (unpaired) electrons. The van der Waals surface area contributed by atoms with E-state index in [1.807, 2.05) is 0 Å². The molecule has 0 spiro atoms. The Hall–Kier alpha value is -1.09. The van der Waals surface area contributed by atoms with E-state index < -0.39 is 5.97 Å². The number of rotatable bonds is 2. The monoisotopic (exact) mass is 199 g/mol. The van der Waals surface area contributed by atoms with Crippen molar-refractivity contribution in [3.63, 3.8) is 0 Å². The standard InChI is InChI=1S/C9H10ClNO2/c1-6(2)13-9(12)7-3-4-11-5-8(7)10/h3-6H,1-2H3. The summed E-state index contributed by atoms with van der Waals surface area (Å²) in [7, 11) is 0. The SMILES string of the molecule is CC(C)OC(=O)c1ccncc1Cl. The lowest BCUT2D eigenvalue weighted by Gasteiger charge is -2.07. The molecule has 0 fully saturated rings. The van der Waals surface area contributed by atoms with Crippen molar-refractivity contribution in [1.82, 2.24) is 4.98 Å². The molecule has 13 heavy (non-hydrogen) atoms. The summed E-state index contributed by atoms with van der Waals surface area (Å²) in [6.07, 6.45) is 2.78. The molecule has 1 aromatic heterocycles. The van der Waals surface area contributed by atoms with Gasteiger partial charge in [0.05, 0.1) is 16.7 Å². The van der Waals surface area contributed by atoms with Gasteiger partial charge in [-0.3, -0.25) is 4.98 Å². The van der Waals surface area contributed by atoms with Gasteiger partial charge >= 0.3 is 5.97 Å². The third-order valence-electron chi connectivity index (χ3n) is 1.34. The molecule has 0 aliphatic heterocycles. The minimum absolute atomic E-state index is 0.142. The van der Waals surface area contributed by atoms with Gasteiger partial charge in [0.1, 0.15) is 0 Å². The fraction of sp³-hybridized carbons (Fsp3) is 0.333. The van der Waals surface area contributed by atoms with Gasteiger partial charge in [0.15, 0.2) is 0 Å². The van der Waals surface area contributed by atoms with E-state index in [9.17, 15) is 4.79 Å². The highest BCUT2D eigenvalue weighted by atomic mass is 35.5. The summed E-state index contributed by atoms with van der Waals surface area (Å²) in [6, 6.07) is 1.53. The number of hydrogen-bond acceptors (Lipinski definition) is 3. The molecule has 1 rings (SSSR count). The number of carbonyl (C=O) groups excluding carboxylic acids is 1. The molecule has 0 aromatic carbocycles. The van der Waals surface area contributed by atoms with Crippen LogP contribution in [0.15, 0.2) is 18.5 Å². The zero-order valence-electron chi connectivity index (χ0n) is 7.45. The van der Waals surface area contributed by atoms with Gasteiger partial charge < -0.3 is 4.74 Å². The molecule has 4 heteroatoms. The zero-order chi connectivity index (χ0) is 9.84. The topological polar surface area (TPSA) is 39.2 Å². The number of hydrogen-bond donors (Lipinski definition) is 0. The smallest absolute Gasteiger partial charge is 0.340 e. The second-order valence-corrected chi connectivity index (χ2v) is 3.22. The van der Waals surface area contributed by atoms with E-state index >= 15 is 0 Å². The van der Waals surface area contributed by atoms with Gasteiger partial charge in [-0.15, -0.1) is 0 Å². The summed E-state index contributed by atoms with van der Waals surface area (Å²) in [4.78, 5) is 15.1. The van der Waals surface area contributed by atoms with Crippen LogP contribution in [0.2, 0.25) is 5.02 Å². The second-order valence-electron chi connectivity index (χ2n) is 2.81. The molecule has 0 amide bonds. The molecule has 70 valence electrons. The third kappa shape index (κ3) is 2.70. The Bertz CT molecular complexity index is 312. The molecule has 3 nitrogen and oxygen atoms in total. The number of halogens is 1. The van der Waals surface area contributed by atoms with Gasteiger partial charge in [-0.25, -0.2) is 4.79 Å². The Balaban J connectivity index is 2.83. The maximum Gasteiger partial charge on any atom is 0.340 e. The zero-order valence-corrected chi connectivity index (χ0v) is 8.21. The Labute approximate surface area is 81.7 Å². The van der Waals surface area contributed by atoms with Crippen molar-refractivity contribution in [1.29, 1.82) is 0 Å². The van der Waals surface area contributed by atoms with Crippen molar-refractivity contribution in [2.75, 3.05) is 0 Å². The van der Waals surface area contributed by atoms with Gasteiger partial charge in [0.2, 0.25) is 0 Å². The van der Waals surface area contributed by atoms with E-state index in [1.165, 1.54) is 18.5 Å². The Morgan fingerprint density at radius 1 is 1.62 bits per heavy atom. The van der Waals surface area contributed by atoms with Gasteiger partial charge in [-0.05, 0) is 19.9 Å². The highest BCUT2D eigenvalue weighted by Gasteiger charge is 2.12. The molecule has 0 saturated heterocycles. The summed E-state index contributed by atoms with van der Waals surface area (Å²) in [6.45, 7) is 3.57. The number of nitrogens with zero attached hydrogens (tertiary/aromatic N) is 1. The molecular formula is C9H10ClNO2. The third-order valence-corrected chi connectivity index (χ3v) is 1.64. The predicted molar refractivity (Wildman–Crippen MR) is 49.8 cm³/mol. The number of ether oxygens (including phenoxy) is 1. The number of pyridine rings is 1. The van der Waals surface area contributed by atoms with E-state index in [2.05, 4.69) is 4.98 Å². The van der Waals surface area contributed by atoms with Crippen LogP contribution >= 0.6 is 11.6 Å². The average Bonchev–Trinajstić information content (AvgIpc) is 2.03. The van der Waals surface area contributed by atoms with Crippen LogP contribution in [0, 0.1) is 0 Å². The lowest BCUT2D eigenvalue weighted by molar-refractivity contribution is 0.0378. The Morgan fingerprint density at radius 2 is 2.31 bits per heavy atom. The number of aromatic nitrogens is 1. The molecule has 0 N–H and O–H groups in total. The summed E-state index contributed by atoms with van der Waals surface area (Å²) in [5.74, 6) is -0.414. The van der Waals surface area contributed by atoms with Crippen LogP contribution in [0.1, 0.15) is 24.2 Å². The highest BCUT2D eigenvalue weighted by molar-refractivity contribution is 6.33. The first kappa shape index (κ1) is 9.99. The largest absolute Gasteiger partial charge is 0.459 e. The fourth-order valence-electron chi connectivity index (χ4n) is 0.818. The van der Waals surface area contributed by atoms with E-state index in [4.69, 9.17) is 16.3 Å². The maximum absolute atomic E-state index is 11.3. The first-order valence-electron chi connectivity index (χ1n) is 3.91. The van der Waals surface area contributed by atoms with Crippen molar-refractivity contribution in [2.24, 2.45) is 0 Å². The normalized spacial score (nSPS) is 10.2. The molecule has 0 saturated carbocycles. The molecular weight excluding hydrogens is 190 g/mol. The van der Waals surface area contributed by atoms with Crippen molar-refractivity contribution < 1.29 is 9.53 Å². The van der Waals surface area contributed by atoms with Crippen LogP contribution in [0.4, 0.5) is 0 Å². The van der Waals surface area contributed by atoms with E-state index in [-0.39, 0.29) is 6.10 Å². The van der Waals surface area contributed by atoms with Crippen LogP contribution in [-0.4, -0.2) is 17.1 Å². The van der Waals surface area contributed by atoms with Gasteiger partial charge in [0.25, 0.3) is 0 Å². The summed E-state index contributed by atoms with van der Waals surface area (Å²) >= 11 is 5.74. The Morgan fingerprint density at radius 3 is 2.85 bits per heavy atom. The van der Waals surface area contributed by atoms with Crippen LogP contribution in [0.5, 0.6) is 0 Å². The van der Waals surface area contributed by atoms with Crippen molar-refractivity contribution in [2.45, 2.75) is 20.0 Å². The highest BCUT2D eigenvalue weighted by Crippen LogP contribution is 2.14. The number of esters is 1. The molecule has 0 aliphatic carbocycles. The first-order chi connectivity index (χ1) is 6.11. The quantitative estimate of drug-likeness (QED) is 0.687. The van der Waals surface area contributed by atoms with Crippen molar-refractivity contribution in [3.05, 3.63) is 29.0 Å². The second kappa shape index (κ2) is 4.23. The summed E-state index contributed by atoms with van der Waals surface area (Å²) < 4.78 is 4.97. The lowest BCUT2D eigenvalue weighted by Crippen LogP contribution is -2.12. The molecule has 1 aromatic rings. The summed E-state index contributed by atoms with van der Waals surface area (Å²) in [5.41, 5.74) is 0.352. The van der Waals surface area contributed by atoms with E-state index in [0.29, 0.717) is 10.6 Å². The first-order valence-corrected chi connectivity index (χ1v) is 4.29. The summed E-state index contributed by atoms with van der Waals surface area (Å²) in [5, 5.41) is 0.313. The van der Waals surface area contributed by atoms with Gasteiger partial charge in [-0.2, -0.15) is 0 Å². The average molecular weight is 200 g/mol. The molecule has 1 heterocycles. The minimum Gasteiger partial charge on any atom is -0.459 e. The van der Waals surface area contributed by atoms with Crippen LogP contribution in [0.3, 0.4) is 0 Å². The van der Waals surface area contributed by atoms with Crippen molar-refractivity contribution >= 4 is 17.6 Å². The van der Waals surface area contributed by atoms with Gasteiger partial charge in [-0.1, -0.05) is 11.6 Å². The molecule has 0 aliphatic rings. The minimum atomic E-state index is -0.414. The van der Waals surface area contributed by atoms with Gasteiger partial charge in [0, 0.05) is 12.4 Å². The van der Waals surface area contributed by atoms with Crippen LogP contribution < -0.4 is 0 Å². The van der Waals surface area contributed by atoms with Crippen LogP contribution in [-0.2, 0) is 4.74 Å². The van der Waals surface area contributed by atoms with Crippen molar-refractivity contribution in [3.8, 4) is 0 Å². The predicted octanol–water partition coefficient (Wildman–Crippen LogP) is 2.30.